The molecule has 9 heteroatoms. The number of nitrogens with one attached hydrogen (secondary N) is 3. The van der Waals surface area contributed by atoms with Gasteiger partial charge in [0.1, 0.15) is 5.75 Å². The van der Waals surface area contributed by atoms with Gasteiger partial charge >= 0.3 is 0 Å². The Labute approximate surface area is 208 Å². The molecule has 0 unspecified atom stereocenters. The number of rotatable bonds is 10. The lowest BCUT2D eigenvalue weighted by molar-refractivity contribution is 0.313. The van der Waals surface area contributed by atoms with Crippen LogP contribution in [0.1, 0.15) is 42.9 Å². The molecule has 0 aliphatic heterocycles. The largest absolute Gasteiger partial charge is 0.493 e. The molecule has 0 amide bonds. The maximum absolute atomic E-state index is 12.3. The van der Waals surface area contributed by atoms with Crippen LogP contribution in [-0.2, 0) is 23.1 Å². The molecule has 1 fully saturated rings. The van der Waals surface area contributed by atoms with E-state index in [2.05, 4.69) is 52.4 Å². The van der Waals surface area contributed by atoms with Crippen molar-refractivity contribution < 1.29 is 13.2 Å². The molecule has 3 rings (SSSR count). The predicted octanol–water partition coefficient (Wildman–Crippen LogP) is 3.71. The summed E-state index contributed by atoms with van der Waals surface area (Å²) in [7, 11) is -1.70. The van der Waals surface area contributed by atoms with Crippen LogP contribution in [0.3, 0.4) is 0 Å². The van der Waals surface area contributed by atoms with Gasteiger partial charge in [0.15, 0.2) is 5.96 Å². The molecule has 0 aromatic heterocycles. The van der Waals surface area contributed by atoms with E-state index < -0.39 is 10.0 Å². The minimum absolute atomic E-state index is 0. The van der Waals surface area contributed by atoms with Crippen LogP contribution in [0.15, 0.2) is 52.4 Å². The second-order valence-corrected chi connectivity index (χ2v) is 9.49. The number of aliphatic imine (C=N–C) groups is 1. The molecule has 0 saturated heterocycles. The zero-order valence-corrected chi connectivity index (χ0v) is 22.0. The van der Waals surface area contributed by atoms with E-state index >= 15 is 0 Å². The van der Waals surface area contributed by atoms with Gasteiger partial charge in [-0.1, -0.05) is 31.2 Å². The van der Waals surface area contributed by atoms with Crippen molar-refractivity contribution in [3.8, 4) is 5.75 Å². The Balaban J connectivity index is 0.00000363. The average Bonchev–Trinajstić information content (AvgIpc) is 3.57. The van der Waals surface area contributed by atoms with Crippen LogP contribution in [0, 0.1) is 6.92 Å². The molecule has 0 bridgehead atoms. The second-order valence-electron chi connectivity index (χ2n) is 7.78. The average molecular weight is 573 g/mol. The normalized spacial score (nSPS) is 13.9. The van der Waals surface area contributed by atoms with Crippen LogP contribution in [-0.4, -0.2) is 34.1 Å². The second kappa shape index (κ2) is 12.4. The number of sulfonamides is 1. The summed E-state index contributed by atoms with van der Waals surface area (Å²) in [6, 6.07) is 13.2. The van der Waals surface area contributed by atoms with Gasteiger partial charge in [0.2, 0.25) is 10.0 Å². The third kappa shape index (κ3) is 7.93. The number of halogens is 1. The van der Waals surface area contributed by atoms with Crippen LogP contribution < -0.4 is 20.1 Å². The molecule has 0 heterocycles. The first kappa shape index (κ1) is 26.4. The van der Waals surface area contributed by atoms with E-state index in [-0.39, 0.29) is 30.0 Å². The summed E-state index contributed by atoms with van der Waals surface area (Å²) in [6.07, 6.45) is 2.80. The van der Waals surface area contributed by atoms with Gasteiger partial charge in [0.25, 0.3) is 0 Å². The summed E-state index contributed by atoms with van der Waals surface area (Å²) in [5.41, 5.74) is 3.20. The predicted molar refractivity (Wildman–Crippen MR) is 139 cm³/mol. The van der Waals surface area contributed by atoms with E-state index in [1.54, 1.807) is 19.2 Å². The molecule has 176 valence electrons. The van der Waals surface area contributed by atoms with Crippen LogP contribution in [0.5, 0.6) is 5.75 Å². The Morgan fingerprint density at radius 2 is 1.78 bits per heavy atom. The Hall–Kier alpha value is -1.85. The molecule has 1 saturated carbocycles. The van der Waals surface area contributed by atoms with Crippen molar-refractivity contribution in [1.29, 1.82) is 0 Å². The lowest BCUT2D eigenvalue weighted by atomic mass is 10.1. The van der Waals surface area contributed by atoms with E-state index in [0.29, 0.717) is 30.6 Å². The number of hydrogen-bond donors (Lipinski definition) is 3. The fourth-order valence-corrected chi connectivity index (χ4v) is 4.32. The number of guanidine groups is 1. The molecule has 7 nitrogen and oxygen atoms in total. The fourth-order valence-electron chi connectivity index (χ4n) is 3.01. The Morgan fingerprint density at radius 3 is 2.41 bits per heavy atom. The van der Waals surface area contributed by atoms with Crippen molar-refractivity contribution in [3.05, 3.63) is 59.2 Å². The van der Waals surface area contributed by atoms with Crippen molar-refractivity contribution in [3.63, 3.8) is 0 Å². The molecule has 2 aromatic rings. The fraction of sp³-hybridized carbons (Fsp3) is 0.435. The molecule has 0 radical (unpaired) electrons. The topological polar surface area (TPSA) is 91.8 Å². The number of aryl methyl sites for hydroxylation is 1. The van der Waals surface area contributed by atoms with E-state index in [4.69, 9.17) is 4.74 Å². The van der Waals surface area contributed by atoms with Crippen molar-refractivity contribution in [1.82, 2.24) is 15.4 Å². The van der Waals surface area contributed by atoms with Gasteiger partial charge in [-0.05, 0) is 55.5 Å². The van der Waals surface area contributed by atoms with Gasteiger partial charge in [0, 0.05) is 31.7 Å². The van der Waals surface area contributed by atoms with Gasteiger partial charge in [-0.2, -0.15) is 0 Å². The van der Waals surface area contributed by atoms with Crippen molar-refractivity contribution in [2.45, 2.75) is 57.1 Å². The Morgan fingerprint density at radius 1 is 1.09 bits per heavy atom. The smallest absolute Gasteiger partial charge is 0.240 e. The third-order valence-electron chi connectivity index (χ3n) is 4.95. The molecule has 1 aliphatic carbocycles. The van der Waals surface area contributed by atoms with Gasteiger partial charge < -0.3 is 15.4 Å². The summed E-state index contributed by atoms with van der Waals surface area (Å²) in [6.45, 7) is 5.94. The minimum Gasteiger partial charge on any atom is -0.493 e. The number of hydrogen-bond acceptors (Lipinski definition) is 4. The van der Waals surface area contributed by atoms with Crippen LogP contribution in [0.4, 0.5) is 0 Å². The van der Waals surface area contributed by atoms with E-state index in [9.17, 15) is 8.42 Å². The first-order valence-electron chi connectivity index (χ1n) is 10.7. The lowest BCUT2D eigenvalue weighted by Gasteiger charge is -2.15. The minimum atomic E-state index is -3.42. The highest BCUT2D eigenvalue weighted by Gasteiger charge is 2.27. The summed E-state index contributed by atoms with van der Waals surface area (Å²) in [5.74, 6) is 1.55. The van der Waals surface area contributed by atoms with Crippen molar-refractivity contribution in [2.24, 2.45) is 4.99 Å². The van der Waals surface area contributed by atoms with Crippen molar-refractivity contribution >= 4 is 40.0 Å². The zero-order chi connectivity index (χ0) is 22.3. The quantitative estimate of drug-likeness (QED) is 0.230. The third-order valence-corrected chi connectivity index (χ3v) is 6.48. The van der Waals surface area contributed by atoms with Crippen LogP contribution in [0.2, 0.25) is 0 Å². The number of ether oxygens (including phenoxy) is 1. The molecule has 1 aliphatic rings. The monoisotopic (exact) mass is 572 g/mol. The van der Waals surface area contributed by atoms with Gasteiger partial charge in [-0.3, -0.25) is 4.99 Å². The van der Waals surface area contributed by atoms with E-state index in [1.807, 2.05) is 12.1 Å². The first-order chi connectivity index (χ1) is 14.9. The first-order valence-corrected chi connectivity index (χ1v) is 12.2. The van der Waals surface area contributed by atoms with Gasteiger partial charge in [-0.15, -0.1) is 24.0 Å². The van der Waals surface area contributed by atoms with Crippen LogP contribution >= 0.6 is 24.0 Å². The summed E-state index contributed by atoms with van der Waals surface area (Å²) in [4.78, 5) is 4.57. The molecule has 0 spiro atoms. The zero-order valence-electron chi connectivity index (χ0n) is 18.8. The maximum atomic E-state index is 12.3. The summed E-state index contributed by atoms with van der Waals surface area (Å²) >= 11 is 0. The highest BCUT2D eigenvalue weighted by atomic mass is 127. The standard InChI is InChI=1S/C23H32N4O3S.HI/c1-4-13-30-22-14-17(2)5-8-19(22)16-26-23(24-3)25-15-18-6-11-21(12-7-18)31(28,29)27-20-9-10-20;/h5-8,11-12,14,20,27H,4,9-10,13,15-16H2,1-3H3,(H2,24,25,26);1H. The summed E-state index contributed by atoms with van der Waals surface area (Å²) in [5, 5.41) is 6.57. The number of nitrogens with zero attached hydrogens (tertiary/aromatic N) is 1. The molecular formula is C23H33IN4O3S. The lowest BCUT2D eigenvalue weighted by Crippen LogP contribution is -2.36. The molecular weight excluding hydrogens is 539 g/mol. The number of benzene rings is 2. The van der Waals surface area contributed by atoms with E-state index in [1.165, 1.54) is 0 Å². The van der Waals surface area contributed by atoms with Crippen molar-refractivity contribution in [2.75, 3.05) is 13.7 Å². The highest BCUT2D eigenvalue weighted by molar-refractivity contribution is 14.0. The SMILES string of the molecule is CCCOc1cc(C)ccc1CNC(=NC)NCc1ccc(S(=O)(=O)NC2CC2)cc1.I. The van der Waals surface area contributed by atoms with Gasteiger partial charge in [0.05, 0.1) is 11.5 Å². The Kier molecular flexibility index (Phi) is 10.2. The molecule has 32 heavy (non-hydrogen) atoms. The molecule has 3 N–H and O–H groups in total. The van der Waals surface area contributed by atoms with E-state index in [0.717, 1.165) is 41.7 Å². The van der Waals surface area contributed by atoms with Gasteiger partial charge in [-0.25, -0.2) is 13.1 Å². The maximum Gasteiger partial charge on any atom is 0.240 e. The van der Waals surface area contributed by atoms with Crippen LogP contribution in [0.25, 0.3) is 0 Å². The molecule has 2 aromatic carbocycles. The Bertz CT molecular complexity index is 1010. The molecule has 0 atom stereocenters. The summed E-state index contributed by atoms with van der Waals surface area (Å²) < 4.78 is 33.1. The highest BCUT2D eigenvalue weighted by Crippen LogP contribution is 2.22.